The van der Waals surface area contributed by atoms with Gasteiger partial charge in [0.1, 0.15) is 18.7 Å². The summed E-state index contributed by atoms with van der Waals surface area (Å²) in [6, 6.07) is 3.54. The van der Waals surface area contributed by atoms with Crippen molar-refractivity contribution in [3.63, 3.8) is 0 Å². The Balaban J connectivity index is 1.68. The SMILES string of the molecule is CC(=O)N(c1cccc(C(F)(F)F)c1)c1nc(COC(=O)CN2C(=O)NC(C)(C)C2=O)cs1. The molecule has 0 unspecified atom stereocenters. The lowest BCUT2D eigenvalue weighted by atomic mass is 10.1. The number of amides is 4. The molecule has 1 N–H and O–H groups in total. The van der Waals surface area contributed by atoms with Crippen molar-refractivity contribution in [2.24, 2.45) is 0 Å². The van der Waals surface area contributed by atoms with Crippen LogP contribution in [0.2, 0.25) is 0 Å². The Morgan fingerprint density at radius 2 is 1.97 bits per heavy atom. The van der Waals surface area contributed by atoms with Crippen LogP contribution in [0.15, 0.2) is 29.6 Å². The van der Waals surface area contributed by atoms with Crippen LogP contribution in [0, 0.1) is 0 Å². The van der Waals surface area contributed by atoms with Crippen LogP contribution >= 0.6 is 11.3 Å². The van der Waals surface area contributed by atoms with E-state index in [0.29, 0.717) is 0 Å². The number of anilines is 2. The van der Waals surface area contributed by atoms with Gasteiger partial charge in [-0.15, -0.1) is 11.3 Å². The number of benzene rings is 1. The highest BCUT2D eigenvalue weighted by Crippen LogP contribution is 2.35. The van der Waals surface area contributed by atoms with Crippen LogP contribution in [0.5, 0.6) is 0 Å². The molecule has 1 saturated heterocycles. The number of rotatable bonds is 6. The number of urea groups is 1. The van der Waals surface area contributed by atoms with E-state index in [4.69, 9.17) is 4.74 Å². The molecule has 2 aromatic rings. The first-order valence-corrected chi connectivity index (χ1v) is 10.4. The second-order valence-corrected chi connectivity index (χ2v) is 8.47. The van der Waals surface area contributed by atoms with Crippen LogP contribution < -0.4 is 10.2 Å². The minimum atomic E-state index is -4.58. The molecule has 0 saturated carbocycles. The standard InChI is InChI=1S/C20H19F3N4O5S/c1-11(28)27(14-6-4-5-12(7-14)20(21,22)23)18-24-13(10-33-18)9-32-15(29)8-26-16(30)19(2,3)25-17(26)31/h4-7,10H,8-9H2,1-3H3,(H,25,31). The zero-order valence-corrected chi connectivity index (χ0v) is 18.5. The Labute approximate surface area is 190 Å². The number of aromatic nitrogens is 1. The van der Waals surface area contributed by atoms with Crippen molar-refractivity contribution < 1.29 is 37.1 Å². The number of nitrogens with one attached hydrogen (secondary N) is 1. The Morgan fingerprint density at radius 3 is 2.55 bits per heavy atom. The van der Waals surface area contributed by atoms with E-state index in [1.165, 1.54) is 38.3 Å². The first-order valence-electron chi connectivity index (χ1n) is 9.51. The molecule has 0 atom stereocenters. The fraction of sp³-hybridized carbons (Fsp3) is 0.350. The number of hydrogen-bond acceptors (Lipinski definition) is 7. The molecule has 1 fully saturated rings. The molecule has 176 valence electrons. The second kappa shape index (κ2) is 8.81. The van der Waals surface area contributed by atoms with Gasteiger partial charge in [0.15, 0.2) is 5.13 Å². The first kappa shape index (κ1) is 24.2. The Hall–Kier alpha value is -3.48. The minimum absolute atomic E-state index is 0.0172. The van der Waals surface area contributed by atoms with Gasteiger partial charge in [-0.05, 0) is 32.0 Å². The van der Waals surface area contributed by atoms with Crippen LogP contribution in [0.4, 0.5) is 28.8 Å². The van der Waals surface area contributed by atoms with E-state index in [9.17, 15) is 32.3 Å². The number of esters is 1. The van der Waals surface area contributed by atoms with Gasteiger partial charge in [-0.1, -0.05) is 6.07 Å². The molecule has 1 aliphatic rings. The molecule has 9 nitrogen and oxygen atoms in total. The molecule has 33 heavy (non-hydrogen) atoms. The minimum Gasteiger partial charge on any atom is -0.458 e. The van der Waals surface area contributed by atoms with Crippen molar-refractivity contribution in [2.45, 2.75) is 39.1 Å². The van der Waals surface area contributed by atoms with E-state index >= 15 is 0 Å². The summed E-state index contributed by atoms with van der Waals surface area (Å²) in [6.45, 7) is 3.27. The molecule has 0 spiro atoms. The normalized spacial score (nSPS) is 15.4. The lowest BCUT2D eigenvalue weighted by molar-refractivity contribution is -0.148. The van der Waals surface area contributed by atoms with Gasteiger partial charge in [0.25, 0.3) is 5.91 Å². The van der Waals surface area contributed by atoms with E-state index in [1.807, 2.05) is 0 Å². The molecule has 13 heteroatoms. The fourth-order valence-electron chi connectivity index (χ4n) is 3.00. The predicted molar refractivity (Wildman–Crippen MR) is 110 cm³/mol. The average molecular weight is 484 g/mol. The van der Waals surface area contributed by atoms with Crippen LogP contribution in [0.3, 0.4) is 0 Å². The van der Waals surface area contributed by atoms with E-state index in [1.54, 1.807) is 0 Å². The molecular weight excluding hydrogens is 465 g/mol. The van der Waals surface area contributed by atoms with Crippen LogP contribution in [0.1, 0.15) is 32.0 Å². The summed E-state index contributed by atoms with van der Waals surface area (Å²) in [7, 11) is 0. The van der Waals surface area contributed by atoms with Gasteiger partial charge in [0.05, 0.1) is 16.9 Å². The maximum absolute atomic E-state index is 13.0. The van der Waals surface area contributed by atoms with Crippen molar-refractivity contribution in [3.8, 4) is 0 Å². The van der Waals surface area contributed by atoms with Crippen molar-refractivity contribution >= 4 is 46.0 Å². The average Bonchev–Trinajstić information content (AvgIpc) is 3.24. The number of carbonyl (C=O) groups is 4. The number of alkyl halides is 3. The monoisotopic (exact) mass is 484 g/mol. The van der Waals surface area contributed by atoms with E-state index in [0.717, 1.165) is 33.3 Å². The van der Waals surface area contributed by atoms with Crippen LogP contribution in [-0.2, 0) is 31.9 Å². The van der Waals surface area contributed by atoms with E-state index in [-0.39, 0.29) is 23.1 Å². The Kier molecular flexibility index (Phi) is 6.45. The Bertz CT molecular complexity index is 1120. The maximum Gasteiger partial charge on any atom is 0.416 e. The summed E-state index contributed by atoms with van der Waals surface area (Å²) < 4.78 is 44.2. The van der Waals surface area contributed by atoms with Crippen LogP contribution in [-0.4, -0.2) is 45.8 Å². The molecule has 1 aromatic heterocycles. The predicted octanol–water partition coefficient (Wildman–Crippen LogP) is 3.22. The fourth-order valence-corrected chi connectivity index (χ4v) is 3.88. The Morgan fingerprint density at radius 1 is 1.27 bits per heavy atom. The molecular formula is C20H19F3N4O5S. The summed E-state index contributed by atoms with van der Waals surface area (Å²) in [5.41, 5.74) is -1.82. The molecule has 2 heterocycles. The highest BCUT2D eigenvalue weighted by Gasteiger charge is 2.45. The van der Waals surface area contributed by atoms with Crippen LogP contribution in [0.25, 0.3) is 0 Å². The number of hydrogen-bond donors (Lipinski definition) is 1. The van der Waals surface area contributed by atoms with Gasteiger partial charge in [0, 0.05) is 12.3 Å². The lowest BCUT2D eigenvalue weighted by Gasteiger charge is -2.19. The molecule has 1 aromatic carbocycles. The van der Waals surface area contributed by atoms with Gasteiger partial charge >= 0.3 is 18.2 Å². The lowest BCUT2D eigenvalue weighted by Crippen LogP contribution is -2.41. The molecule has 4 amide bonds. The smallest absolute Gasteiger partial charge is 0.416 e. The maximum atomic E-state index is 13.0. The van der Waals surface area contributed by atoms with E-state index in [2.05, 4.69) is 10.3 Å². The van der Waals surface area contributed by atoms with Crippen molar-refractivity contribution in [1.82, 2.24) is 15.2 Å². The highest BCUT2D eigenvalue weighted by molar-refractivity contribution is 7.14. The molecule has 0 bridgehead atoms. The summed E-state index contributed by atoms with van der Waals surface area (Å²) in [6.07, 6.45) is -4.58. The van der Waals surface area contributed by atoms with Gasteiger partial charge in [-0.25, -0.2) is 9.78 Å². The largest absolute Gasteiger partial charge is 0.458 e. The topological polar surface area (TPSA) is 109 Å². The molecule has 3 rings (SSSR count). The van der Waals surface area contributed by atoms with Gasteiger partial charge in [0.2, 0.25) is 5.91 Å². The van der Waals surface area contributed by atoms with E-state index < -0.39 is 47.6 Å². The zero-order chi connectivity index (χ0) is 24.6. The van der Waals surface area contributed by atoms with Crippen molar-refractivity contribution in [3.05, 3.63) is 40.9 Å². The van der Waals surface area contributed by atoms with Gasteiger partial charge < -0.3 is 10.1 Å². The number of imide groups is 1. The summed E-state index contributed by atoms with van der Waals surface area (Å²) >= 11 is 0.972. The quantitative estimate of drug-likeness (QED) is 0.498. The molecule has 0 aliphatic carbocycles. The summed E-state index contributed by atoms with van der Waals surface area (Å²) in [5, 5.41) is 4.00. The zero-order valence-electron chi connectivity index (χ0n) is 17.7. The number of halogens is 3. The van der Waals surface area contributed by atoms with Crippen molar-refractivity contribution in [2.75, 3.05) is 11.4 Å². The van der Waals surface area contributed by atoms with Crippen molar-refractivity contribution in [1.29, 1.82) is 0 Å². The third kappa shape index (κ3) is 5.30. The third-order valence-electron chi connectivity index (χ3n) is 4.59. The number of carbonyl (C=O) groups excluding carboxylic acids is 4. The first-order chi connectivity index (χ1) is 15.3. The highest BCUT2D eigenvalue weighted by atomic mass is 32.1. The number of thiazole rings is 1. The van der Waals surface area contributed by atoms with Gasteiger partial charge in [-0.3, -0.25) is 24.2 Å². The number of ether oxygens (including phenoxy) is 1. The molecule has 0 radical (unpaired) electrons. The third-order valence-corrected chi connectivity index (χ3v) is 5.46. The summed E-state index contributed by atoms with van der Waals surface area (Å²) in [4.78, 5) is 54.1. The molecule has 1 aliphatic heterocycles. The second-order valence-electron chi connectivity index (χ2n) is 7.63. The van der Waals surface area contributed by atoms with Gasteiger partial charge in [-0.2, -0.15) is 13.2 Å². The summed E-state index contributed by atoms with van der Waals surface area (Å²) in [5.74, 6) is -1.99. The number of nitrogens with zero attached hydrogens (tertiary/aromatic N) is 3.